The van der Waals surface area contributed by atoms with Gasteiger partial charge in [0.15, 0.2) is 0 Å². The number of hydrogen-bond acceptors (Lipinski definition) is 5. The van der Waals surface area contributed by atoms with E-state index in [0.29, 0.717) is 18.8 Å². The first-order valence-electron chi connectivity index (χ1n) is 6.77. The second kappa shape index (κ2) is 6.34. The smallest absolute Gasteiger partial charge is 0.293 e. The predicted octanol–water partition coefficient (Wildman–Crippen LogP) is 1.37. The Kier molecular flexibility index (Phi) is 4.52. The second-order valence-electron chi connectivity index (χ2n) is 5.02. The molecule has 1 atom stereocenters. The molecule has 1 fully saturated rings. The van der Waals surface area contributed by atoms with Gasteiger partial charge < -0.3 is 15.0 Å². The van der Waals surface area contributed by atoms with Crippen LogP contribution in [0.2, 0.25) is 0 Å². The van der Waals surface area contributed by atoms with E-state index in [1.807, 2.05) is 4.90 Å². The minimum absolute atomic E-state index is 0.100. The first-order valence-corrected chi connectivity index (χ1v) is 6.77. The fraction of sp³-hybridized carbons (Fsp3) is 0.429. The van der Waals surface area contributed by atoms with Crippen LogP contribution < -0.4 is 10.2 Å². The van der Waals surface area contributed by atoms with Crippen LogP contribution in [-0.4, -0.2) is 37.3 Å². The number of anilines is 1. The predicted molar refractivity (Wildman–Crippen MR) is 77.5 cm³/mol. The molecular formula is C14H17N3O4. The Morgan fingerprint density at radius 2 is 2.29 bits per heavy atom. The van der Waals surface area contributed by atoms with Crippen molar-refractivity contribution in [2.24, 2.45) is 5.92 Å². The van der Waals surface area contributed by atoms with Crippen molar-refractivity contribution in [3.63, 3.8) is 0 Å². The summed E-state index contributed by atoms with van der Waals surface area (Å²) in [5, 5.41) is 13.7. The number of nitrogens with one attached hydrogen (secondary N) is 1. The lowest BCUT2D eigenvalue weighted by Crippen LogP contribution is -2.36. The third-order valence-corrected chi connectivity index (χ3v) is 3.65. The zero-order chi connectivity index (χ0) is 15.4. The summed E-state index contributed by atoms with van der Waals surface area (Å²) in [4.78, 5) is 35.1. The molecule has 1 aromatic rings. The fourth-order valence-electron chi connectivity index (χ4n) is 2.56. The van der Waals surface area contributed by atoms with E-state index in [4.69, 9.17) is 0 Å². The van der Waals surface area contributed by atoms with E-state index < -0.39 is 4.92 Å². The van der Waals surface area contributed by atoms with E-state index >= 15 is 0 Å². The molecule has 2 rings (SSSR count). The Hall–Kier alpha value is -2.44. The van der Waals surface area contributed by atoms with Gasteiger partial charge in [-0.25, -0.2) is 0 Å². The summed E-state index contributed by atoms with van der Waals surface area (Å²) < 4.78 is 0. The molecule has 1 aromatic carbocycles. The van der Waals surface area contributed by atoms with Gasteiger partial charge in [-0.15, -0.1) is 0 Å². The molecule has 0 spiro atoms. The minimum Gasteiger partial charge on any atom is -0.365 e. The number of nitro benzene ring substituents is 1. The van der Waals surface area contributed by atoms with E-state index in [2.05, 4.69) is 5.32 Å². The first kappa shape index (κ1) is 15.0. The average molecular weight is 291 g/mol. The molecule has 1 N–H and O–H groups in total. The van der Waals surface area contributed by atoms with Crippen LogP contribution in [0, 0.1) is 16.0 Å². The standard InChI is InChI=1S/C14H17N3O4/c1-15-14(19)11-4-5-12(13(7-11)17(20)21)16-6-2-3-10(8-16)9-18/h4-5,7,9-10H,2-3,6,8H2,1H3,(H,15,19). The van der Waals surface area contributed by atoms with E-state index in [1.165, 1.54) is 13.1 Å². The van der Waals surface area contributed by atoms with Crippen molar-refractivity contribution in [3.05, 3.63) is 33.9 Å². The molecule has 7 heteroatoms. The maximum absolute atomic E-state index is 11.6. The SMILES string of the molecule is CNC(=O)c1ccc(N2CCCC(C=O)C2)c([N+](=O)[O-])c1. The Morgan fingerprint density at radius 3 is 2.90 bits per heavy atom. The highest BCUT2D eigenvalue weighted by Gasteiger charge is 2.26. The molecule has 1 aliphatic heterocycles. The van der Waals surface area contributed by atoms with E-state index in [0.717, 1.165) is 19.1 Å². The average Bonchev–Trinajstić information content (AvgIpc) is 2.53. The Morgan fingerprint density at radius 1 is 1.52 bits per heavy atom. The van der Waals surface area contributed by atoms with Crippen LogP contribution >= 0.6 is 0 Å². The number of aldehydes is 1. The molecule has 0 bridgehead atoms. The van der Waals surface area contributed by atoms with E-state index in [-0.39, 0.29) is 23.1 Å². The highest BCUT2D eigenvalue weighted by molar-refractivity contribution is 5.95. The third-order valence-electron chi connectivity index (χ3n) is 3.65. The van der Waals surface area contributed by atoms with Gasteiger partial charge in [-0.2, -0.15) is 0 Å². The fourth-order valence-corrected chi connectivity index (χ4v) is 2.56. The molecule has 1 aliphatic rings. The maximum Gasteiger partial charge on any atom is 0.293 e. The van der Waals surface area contributed by atoms with Crippen LogP contribution in [0.5, 0.6) is 0 Å². The number of piperidine rings is 1. The molecule has 7 nitrogen and oxygen atoms in total. The van der Waals surface area contributed by atoms with Gasteiger partial charge in [0.2, 0.25) is 0 Å². The van der Waals surface area contributed by atoms with Crippen molar-refractivity contribution in [3.8, 4) is 0 Å². The Balaban J connectivity index is 2.36. The zero-order valence-electron chi connectivity index (χ0n) is 11.7. The van der Waals surface area contributed by atoms with Crippen LogP contribution in [0.4, 0.5) is 11.4 Å². The van der Waals surface area contributed by atoms with Gasteiger partial charge >= 0.3 is 0 Å². The number of hydrogen-bond donors (Lipinski definition) is 1. The lowest BCUT2D eigenvalue weighted by molar-refractivity contribution is -0.384. The summed E-state index contributed by atoms with van der Waals surface area (Å²) in [6.07, 6.45) is 2.53. The number of carbonyl (C=O) groups excluding carboxylic acids is 2. The summed E-state index contributed by atoms with van der Waals surface area (Å²) in [5.74, 6) is -0.467. The number of benzene rings is 1. The molecule has 1 amide bonds. The summed E-state index contributed by atoms with van der Waals surface area (Å²) in [6.45, 7) is 1.15. The first-order chi connectivity index (χ1) is 10.1. The quantitative estimate of drug-likeness (QED) is 0.514. The Labute approximate surface area is 122 Å². The number of carbonyl (C=O) groups is 2. The molecule has 112 valence electrons. The molecule has 21 heavy (non-hydrogen) atoms. The largest absolute Gasteiger partial charge is 0.365 e. The lowest BCUT2D eigenvalue weighted by atomic mass is 9.98. The lowest BCUT2D eigenvalue weighted by Gasteiger charge is -2.31. The van der Waals surface area contributed by atoms with Crippen LogP contribution in [0.25, 0.3) is 0 Å². The highest BCUT2D eigenvalue weighted by atomic mass is 16.6. The Bertz CT molecular complexity index is 573. The van der Waals surface area contributed by atoms with Gasteiger partial charge in [0.1, 0.15) is 12.0 Å². The van der Waals surface area contributed by atoms with E-state index in [9.17, 15) is 19.7 Å². The van der Waals surface area contributed by atoms with Gasteiger partial charge in [0.05, 0.1) is 4.92 Å². The normalized spacial score (nSPS) is 18.1. The molecule has 1 heterocycles. The number of amides is 1. The van der Waals surface area contributed by atoms with Crippen LogP contribution in [0.15, 0.2) is 18.2 Å². The summed E-state index contributed by atoms with van der Waals surface area (Å²) >= 11 is 0. The van der Waals surface area contributed by atoms with Crippen molar-refractivity contribution in [2.45, 2.75) is 12.8 Å². The molecule has 0 aliphatic carbocycles. The minimum atomic E-state index is -0.494. The van der Waals surface area contributed by atoms with Crippen molar-refractivity contribution < 1.29 is 14.5 Å². The summed E-state index contributed by atoms with van der Waals surface area (Å²) in [5.41, 5.74) is 0.596. The second-order valence-corrected chi connectivity index (χ2v) is 5.02. The summed E-state index contributed by atoms with van der Waals surface area (Å²) in [7, 11) is 1.47. The molecule has 0 saturated carbocycles. The van der Waals surface area contributed by atoms with Crippen LogP contribution in [-0.2, 0) is 4.79 Å². The monoisotopic (exact) mass is 291 g/mol. The highest BCUT2D eigenvalue weighted by Crippen LogP contribution is 2.32. The van der Waals surface area contributed by atoms with Gasteiger partial charge in [-0.05, 0) is 25.0 Å². The van der Waals surface area contributed by atoms with Gasteiger partial charge in [0, 0.05) is 37.7 Å². The zero-order valence-corrected chi connectivity index (χ0v) is 11.7. The van der Waals surface area contributed by atoms with Crippen LogP contribution in [0.1, 0.15) is 23.2 Å². The van der Waals surface area contributed by atoms with Crippen molar-refractivity contribution in [1.29, 1.82) is 0 Å². The molecule has 1 unspecified atom stereocenters. The number of rotatable bonds is 4. The molecule has 0 radical (unpaired) electrons. The third kappa shape index (κ3) is 3.18. The van der Waals surface area contributed by atoms with Crippen molar-refractivity contribution in [2.75, 3.05) is 25.0 Å². The molecule has 0 aromatic heterocycles. The van der Waals surface area contributed by atoms with Gasteiger partial charge in [-0.3, -0.25) is 14.9 Å². The van der Waals surface area contributed by atoms with E-state index in [1.54, 1.807) is 12.1 Å². The van der Waals surface area contributed by atoms with Crippen molar-refractivity contribution in [1.82, 2.24) is 5.32 Å². The number of nitro groups is 1. The summed E-state index contributed by atoms with van der Waals surface area (Å²) in [6, 6.07) is 4.42. The van der Waals surface area contributed by atoms with Gasteiger partial charge in [0.25, 0.3) is 11.6 Å². The van der Waals surface area contributed by atoms with Crippen molar-refractivity contribution >= 4 is 23.6 Å². The molecular weight excluding hydrogens is 274 g/mol. The molecule has 1 saturated heterocycles. The topological polar surface area (TPSA) is 92.6 Å². The number of nitrogens with zero attached hydrogens (tertiary/aromatic N) is 2. The maximum atomic E-state index is 11.6. The van der Waals surface area contributed by atoms with Crippen LogP contribution in [0.3, 0.4) is 0 Å². The van der Waals surface area contributed by atoms with Gasteiger partial charge in [-0.1, -0.05) is 0 Å².